The lowest BCUT2D eigenvalue weighted by atomic mass is 10.0. The molecule has 6 heteroatoms. The topological polar surface area (TPSA) is 63.5 Å². The molecule has 20 heavy (non-hydrogen) atoms. The first-order chi connectivity index (χ1) is 9.41. The molecular formula is C14H18N2O3S. The second kappa shape index (κ2) is 5.83. The third-order valence-electron chi connectivity index (χ3n) is 3.67. The Morgan fingerprint density at radius 3 is 2.80 bits per heavy atom. The fourth-order valence-electron chi connectivity index (χ4n) is 2.77. The molecule has 1 aromatic carbocycles. The Hall–Kier alpha value is -1.56. The highest BCUT2D eigenvalue weighted by molar-refractivity contribution is 8.13. The smallest absolute Gasteiger partial charge is 0.275 e. The first-order valence-electron chi connectivity index (χ1n) is 6.57. The summed E-state index contributed by atoms with van der Waals surface area (Å²) in [6.45, 7) is 6.85. The fraction of sp³-hybridized carbons (Fsp3) is 0.500. The highest BCUT2D eigenvalue weighted by atomic mass is 32.2. The van der Waals surface area contributed by atoms with Crippen LogP contribution >= 0.6 is 11.8 Å². The van der Waals surface area contributed by atoms with Crippen LogP contribution in [0.5, 0.6) is 0 Å². The lowest BCUT2D eigenvalue weighted by molar-refractivity contribution is -0.386. The summed E-state index contributed by atoms with van der Waals surface area (Å²) in [5, 5.41) is 11.2. The number of nitro benzene ring substituents is 1. The van der Waals surface area contributed by atoms with E-state index in [2.05, 4.69) is 4.90 Å². The van der Waals surface area contributed by atoms with Crippen LogP contribution in [0.3, 0.4) is 0 Å². The molecule has 0 atom stereocenters. The molecule has 0 aliphatic carbocycles. The van der Waals surface area contributed by atoms with Gasteiger partial charge < -0.3 is 4.90 Å². The average molecular weight is 294 g/mol. The number of nitro groups is 1. The molecule has 0 aromatic heterocycles. The number of rotatable bonds is 4. The minimum Gasteiger partial charge on any atom is -0.370 e. The van der Waals surface area contributed by atoms with Gasteiger partial charge >= 0.3 is 0 Å². The van der Waals surface area contributed by atoms with E-state index in [0.717, 1.165) is 42.1 Å². The third-order valence-corrected chi connectivity index (χ3v) is 4.46. The van der Waals surface area contributed by atoms with E-state index in [1.165, 1.54) is 11.8 Å². The molecule has 0 amide bonds. The van der Waals surface area contributed by atoms with Crippen LogP contribution in [0.15, 0.2) is 6.07 Å². The number of benzene rings is 1. The normalized spacial score (nSPS) is 13.4. The van der Waals surface area contributed by atoms with Gasteiger partial charge in [0.1, 0.15) is 0 Å². The quantitative estimate of drug-likeness (QED) is 0.631. The molecule has 0 fully saturated rings. The molecule has 0 saturated heterocycles. The van der Waals surface area contributed by atoms with E-state index in [4.69, 9.17) is 0 Å². The van der Waals surface area contributed by atoms with Crippen molar-refractivity contribution < 1.29 is 9.72 Å². The Morgan fingerprint density at radius 1 is 1.50 bits per heavy atom. The Balaban J connectivity index is 2.25. The molecule has 0 N–H and O–H groups in total. The molecule has 0 bridgehead atoms. The molecule has 1 heterocycles. The van der Waals surface area contributed by atoms with Crippen LogP contribution < -0.4 is 4.90 Å². The minimum atomic E-state index is -0.292. The maximum atomic E-state index is 11.1. The second-order valence-electron chi connectivity index (χ2n) is 5.00. The predicted octanol–water partition coefficient (Wildman–Crippen LogP) is 2.85. The zero-order chi connectivity index (χ0) is 14.9. The van der Waals surface area contributed by atoms with Gasteiger partial charge in [0.15, 0.2) is 5.12 Å². The number of anilines is 1. The van der Waals surface area contributed by atoms with Gasteiger partial charge in [0.2, 0.25) is 0 Å². The van der Waals surface area contributed by atoms with Crippen LogP contribution in [0, 0.1) is 24.0 Å². The maximum absolute atomic E-state index is 11.1. The number of carbonyl (C=O) groups excluding carboxylic acids is 1. The molecule has 2 rings (SSSR count). The number of carbonyl (C=O) groups is 1. The van der Waals surface area contributed by atoms with E-state index in [1.54, 1.807) is 13.8 Å². The summed E-state index contributed by atoms with van der Waals surface area (Å²) in [6, 6.07) is 1.91. The molecule has 108 valence electrons. The van der Waals surface area contributed by atoms with Gasteiger partial charge in [0, 0.05) is 42.6 Å². The first-order valence-corrected chi connectivity index (χ1v) is 7.56. The van der Waals surface area contributed by atoms with Crippen LogP contribution in [0.2, 0.25) is 0 Å². The Morgan fingerprint density at radius 2 is 2.20 bits per heavy atom. The van der Waals surface area contributed by atoms with Crippen molar-refractivity contribution in [2.75, 3.05) is 23.7 Å². The minimum absolute atomic E-state index is 0.125. The SMILES string of the molecule is CC(=O)SCCN1CCc2c1cc(C)c([N+](=O)[O-])c2C. The van der Waals surface area contributed by atoms with Gasteiger partial charge in [-0.25, -0.2) is 0 Å². The van der Waals surface area contributed by atoms with Crippen molar-refractivity contribution >= 4 is 28.3 Å². The van der Waals surface area contributed by atoms with Gasteiger partial charge in [0.25, 0.3) is 5.69 Å². The van der Waals surface area contributed by atoms with E-state index in [-0.39, 0.29) is 15.7 Å². The van der Waals surface area contributed by atoms with Gasteiger partial charge in [-0.2, -0.15) is 0 Å². The van der Waals surface area contributed by atoms with Gasteiger partial charge in [-0.3, -0.25) is 14.9 Å². The number of thioether (sulfide) groups is 1. The van der Waals surface area contributed by atoms with E-state index in [1.807, 2.05) is 13.0 Å². The second-order valence-corrected chi connectivity index (χ2v) is 6.27. The van der Waals surface area contributed by atoms with Gasteiger partial charge in [-0.1, -0.05) is 11.8 Å². The van der Waals surface area contributed by atoms with Crippen LogP contribution in [0.25, 0.3) is 0 Å². The summed E-state index contributed by atoms with van der Waals surface area (Å²) in [5.74, 6) is 0.754. The molecule has 1 aliphatic heterocycles. The number of aryl methyl sites for hydroxylation is 1. The van der Waals surface area contributed by atoms with E-state index >= 15 is 0 Å². The maximum Gasteiger partial charge on any atom is 0.275 e. The summed E-state index contributed by atoms with van der Waals surface area (Å²) < 4.78 is 0. The van der Waals surface area contributed by atoms with Crippen LogP contribution in [-0.2, 0) is 11.2 Å². The van der Waals surface area contributed by atoms with Gasteiger partial charge in [0.05, 0.1) is 4.92 Å². The average Bonchev–Trinajstić information content (AvgIpc) is 2.71. The highest BCUT2D eigenvalue weighted by Gasteiger charge is 2.27. The van der Waals surface area contributed by atoms with Crippen LogP contribution in [0.1, 0.15) is 23.6 Å². The summed E-state index contributed by atoms with van der Waals surface area (Å²) in [5.41, 5.74) is 3.90. The molecule has 0 saturated carbocycles. The fourth-order valence-corrected chi connectivity index (χ4v) is 3.37. The van der Waals surface area contributed by atoms with Crippen LogP contribution in [0.4, 0.5) is 11.4 Å². The first kappa shape index (κ1) is 14.8. The molecule has 5 nitrogen and oxygen atoms in total. The van der Waals surface area contributed by atoms with E-state index in [9.17, 15) is 14.9 Å². The number of hydrogen-bond donors (Lipinski definition) is 0. The van der Waals surface area contributed by atoms with E-state index < -0.39 is 0 Å². The molecule has 0 radical (unpaired) electrons. The summed E-state index contributed by atoms with van der Waals surface area (Å²) in [6.07, 6.45) is 0.840. The number of fused-ring (bicyclic) bond motifs is 1. The van der Waals surface area contributed by atoms with Crippen molar-refractivity contribution in [3.8, 4) is 0 Å². The van der Waals surface area contributed by atoms with Crippen molar-refractivity contribution in [1.82, 2.24) is 0 Å². The molecule has 1 aliphatic rings. The van der Waals surface area contributed by atoms with Crippen molar-refractivity contribution in [3.63, 3.8) is 0 Å². The van der Waals surface area contributed by atoms with Crippen LogP contribution in [-0.4, -0.2) is 28.9 Å². The summed E-state index contributed by atoms with van der Waals surface area (Å²) >= 11 is 1.32. The standard InChI is InChI=1S/C14H18N2O3S/c1-9-8-13-12(10(2)14(9)16(18)19)4-5-15(13)6-7-20-11(3)17/h8H,4-7H2,1-3H3. The van der Waals surface area contributed by atoms with Gasteiger partial charge in [-0.15, -0.1) is 0 Å². The largest absolute Gasteiger partial charge is 0.370 e. The predicted molar refractivity (Wildman–Crippen MR) is 81.6 cm³/mol. The Labute approximate surface area is 122 Å². The van der Waals surface area contributed by atoms with Crippen molar-refractivity contribution in [1.29, 1.82) is 0 Å². The number of hydrogen-bond acceptors (Lipinski definition) is 5. The van der Waals surface area contributed by atoms with Crippen molar-refractivity contribution in [3.05, 3.63) is 32.9 Å². The summed E-state index contributed by atoms with van der Waals surface area (Å²) in [7, 11) is 0. The Bertz CT molecular complexity index is 572. The van der Waals surface area contributed by atoms with Crippen molar-refractivity contribution in [2.24, 2.45) is 0 Å². The lowest BCUT2D eigenvalue weighted by Crippen LogP contribution is -2.23. The monoisotopic (exact) mass is 294 g/mol. The zero-order valence-electron chi connectivity index (χ0n) is 11.9. The molecule has 0 spiro atoms. The van der Waals surface area contributed by atoms with Crippen molar-refractivity contribution in [2.45, 2.75) is 27.2 Å². The Kier molecular flexibility index (Phi) is 4.32. The number of nitrogens with zero attached hydrogens (tertiary/aromatic N) is 2. The molecular weight excluding hydrogens is 276 g/mol. The lowest BCUT2D eigenvalue weighted by Gasteiger charge is -2.19. The van der Waals surface area contributed by atoms with E-state index in [0.29, 0.717) is 5.56 Å². The molecule has 0 unspecified atom stereocenters. The van der Waals surface area contributed by atoms with Gasteiger partial charge in [-0.05, 0) is 31.9 Å². The zero-order valence-corrected chi connectivity index (χ0v) is 12.7. The summed E-state index contributed by atoms with van der Waals surface area (Å²) in [4.78, 5) is 24.0. The molecule has 1 aromatic rings. The third kappa shape index (κ3) is 2.80. The highest BCUT2D eigenvalue weighted by Crippen LogP contribution is 2.37.